The van der Waals surface area contributed by atoms with Gasteiger partial charge in [-0.15, -0.1) is 0 Å². The van der Waals surface area contributed by atoms with Crippen LogP contribution in [0.1, 0.15) is 45.4 Å². The lowest BCUT2D eigenvalue weighted by Gasteiger charge is -2.26. The number of amides is 1. The van der Waals surface area contributed by atoms with E-state index in [4.69, 9.17) is 0 Å². The quantitative estimate of drug-likeness (QED) is 0.732. The predicted molar refractivity (Wildman–Crippen MR) is 70.7 cm³/mol. The summed E-state index contributed by atoms with van der Waals surface area (Å²) in [5.74, 6) is 1.01. The Labute approximate surface area is 104 Å². The van der Waals surface area contributed by atoms with E-state index in [1.165, 1.54) is 24.8 Å². The lowest BCUT2D eigenvalue weighted by Crippen LogP contribution is -2.35. The molecule has 2 heteroatoms. The molecule has 0 N–H and O–H groups in total. The van der Waals surface area contributed by atoms with Gasteiger partial charge in [0.1, 0.15) is 0 Å². The van der Waals surface area contributed by atoms with E-state index < -0.39 is 0 Å². The molecular formula is C15H23NO. The fourth-order valence-corrected chi connectivity index (χ4v) is 2.51. The molecule has 0 aromatic heterocycles. The molecule has 94 valence electrons. The number of carbonyl (C=O) groups is 1. The third-order valence-electron chi connectivity index (χ3n) is 3.73. The molecule has 0 aromatic rings. The number of likely N-dealkylation sites (tertiary alicyclic amines) is 1. The van der Waals surface area contributed by atoms with Crippen LogP contribution in [0.25, 0.3) is 0 Å². The lowest BCUT2D eigenvalue weighted by atomic mass is 9.96. The SMILES string of the molecule is CC1C=CC(CCC(=O)N2CCCCC2)=CC1. The van der Waals surface area contributed by atoms with E-state index in [9.17, 15) is 4.79 Å². The second-order valence-electron chi connectivity index (χ2n) is 5.29. The van der Waals surface area contributed by atoms with Crippen LogP contribution in [-0.4, -0.2) is 23.9 Å². The zero-order valence-electron chi connectivity index (χ0n) is 10.8. The first-order valence-electron chi connectivity index (χ1n) is 6.91. The van der Waals surface area contributed by atoms with Crippen LogP contribution >= 0.6 is 0 Å². The Morgan fingerprint density at radius 3 is 2.76 bits per heavy atom. The van der Waals surface area contributed by atoms with Crippen molar-refractivity contribution < 1.29 is 4.79 Å². The smallest absolute Gasteiger partial charge is 0.222 e. The van der Waals surface area contributed by atoms with Gasteiger partial charge in [0.15, 0.2) is 0 Å². The van der Waals surface area contributed by atoms with Gasteiger partial charge < -0.3 is 4.90 Å². The average molecular weight is 233 g/mol. The molecule has 2 rings (SSSR count). The van der Waals surface area contributed by atoms with Gasteiger partial charge in [-0.05, 0) is 38.0 Å². The summed E-state index contributed by atoms with van der Waals surface area (Å²) in [6.45, 7) is 4.18. The molecule has 0 saturated carbocycles. The maximum Gasteiger partial charge on any atom is 0.222 e. The first kappa shape index (κ1) is 12.4. The first-order valence-corrected chi connectivity index (χ1v) is 6.91. The molecule has 0 aromatic carbocycles. The Hall–Kier alpha value is -1.05. The monoisotopic (exact) mass is 233 g/mol. The van der Waals surface area contributed by atoms with Crippen LogP contribution in [0, 0.1) is 5.92 Å². The number of carbonyl (C=O) groups excluding carboxylic acids is 1. The van der Waals surface area contributed by atoms with E-state index >= 15 is 0 Å². The molecule has 0 spiro atoms. The summed E-state index contributed by atoms with van der Waals surface area (Å²) >= 11 is 0. The zero-order chi connectivity index (χ0) is 12.1. The van der Waals surface area contributed by atoms with E-state index in [2.05, 4.69) is 25.2 Å². The van der Waals surface area contributed by atoms with Crippen LogP contribution in [-0.2, 0) is 4.79 Å². The van der Waals surface area contributed by atoms with E-state index in [0.717, 1.165) is 25.9 Å². The molecule has 1 heterocycles. The van der Waals surface area contributed by atoms with Crippen molar-refractivity contribution >= 4 is 5.91 Å². The zero-order valence-corrected chi connectivity index (χ0v) is 10.8. The van der Waals surface area contributed by atoms with E-state index in [1.54, 1.807) is 0 Å². The minimum absolute atomic E-state index is 0.345. The minimum atomic E-state index is 0.345. The highest BCUT2D eigenvalue weighted by atomic mass is 16.2. The molecule has 1 aliphatic heterocycles. The molecule has 1 aliphatic carbocycles. The van der Waals surface area contributed by atoms with Crippen molar-refractivity contribution in [3.63, 3.8) is 0 Å². The van der Waals surface area contributed by atoms with Crippen LogP contribution in [0.2, 0.25) is 0 Å². The Morgan fingerprint density at radius 2 is 2.12 bits per heavy atom. The van der Waals surface area contributed by atoms with E-state index in [1.807, 2.05) is 4.90 Å². The van der Waals surface area contributed by atoms with Crippen LogP contribution in [0.3, 0.4) is 0 Å². The van der Waals surface area contributed by atoms with Gasteiger partial charge in [0.05, 0.1) is 0 Å². The molecular weight excluding hydrogens is 210 g/mol. The van der Waals surface area contributed by atoms with Crippen LogP contribution in [0.5, 0.6) is 0 Å². The molecule has 1 atom stereocenters. The van der Waals surface area contributed by atoms with Crippen LogP contribution < -0.4 is 0 Å². The van der Waals surface area contributed by atoms with Crippen LogP contribution in [0.4, 0.5) is 0 Å². The molecule has 1 fully saturated rings. The fraction of sp³-hybridized carbons (Fsp3) is 0.667. The second-order valence-corrected chi connectivity index (χ2v) is 5.29. The molecule has 0 bridgehead atoms. The van der Waals surface area contributed by atoms with Crippen molar-refractivity contribution in [1.82, 2.24) is 4.90 Å². The first-order chi connectivity index (χ1) is 8.25. The summed E-state index contributed by atoms with van der Waals surface area (Å²) in [5.41, 5.74) is 1.34. The molecule has 1 amide bonds. The van der Waals surface area contributed by atoms with Gasteiger partial charge in [-0.1, -0.05) is 30.7 Å². The van der Waals surface area contributed by atoms with Crippen molar-refractivity contribution in [3.8, 4) is 0 Å². The largest absolute Gasteiger partial charge is 0.343 e. The average Bonchev–Trinajstić information content (AvgIpc) is 2.39. The predicted octanol–water partition coefficient (Wildman–Crippen LogP) is 3.30. The second kappa shape index (κ2) is 6.04. The Kier molecular flexibility index (Phi) is 4.41. The third-order valence-corrected chi connectivity index (χ3v) is 3.73. The number of piperidine rings is 1. The van der Waals surface area contributed by atoms with Gasteiger partial charge in [0.25, 0.3) is 0 Å². The van der Waals surface area contributed by atoms with E-state index in [-0.39, 0.29) is 0 Å². The summed E-state index contributed by atoms with van der Waals surface area (Å²) in [6, 6.07) is 0. The molecule has 0 radical (unpaired) electrons. The summed E-state index contributed by atoms with van der Waals surface area (Å²) in [4.78, 5) is 14.0. The van der Waals surface area contributed by atoms with Gasteiger partial charge in [-0.25, -0.2) is 0 Å². The van der Waals surface area contributed by atoms with E-state index in [0.29, 0.717) is 18.2 Å². The number of hydrogen-bond donors (Lipinski definition) is 0. The highest BCUT2D eigenvalue weighted by Crippen LogP contribution is 2.20. The van der Waals surface area contributed by atoms with Gasteiger partial charge in [-0.3, -0.25) is 4.79 Å². The van der Waals surface area contributed by atoms with Crippen molar-refractivity contribution in [2.24, 2.45) is 5.92 Å². The van der Waals surface area contributed by atoms with Gasteiger partial charge in [-0.2, -0.15) is 0 Å². The minimum Gasteiger partial charge on any atom is -0.343 e. The van der Waals surface area contributed by atoms with Crippen molar-refractivity contribution in [2.45, 2.75) is 45.4 Å². The summed E-state index contributed by atoms with van der Waals surface area (Å²) in [6.07, 6.45) is 13.1. The maximum atomic E-state index is 12.0. The number of hydrogen-bond acceptors (Lipinski definition) is 1. The summed E-state index contributed by atoms with van der Waals surface area (Å²) in [7, 11) is 0. The van der Waals surface area contributed by atoms with Crippen molar-refractivity contribution in [1.29, 1.82) is 0 Å². The molecule has 1 unspecified atom stereocenters. The Bertz CT molecular complexity index is 324. The van der Waals surface area contributed by atoms with Crippen LogP contribution in [0.15, 0.2) is 23.8 Å². The fourth-order valence-electron chi connectivity index (χ4n) is 2.51. The standard InChI is InChI=1S/C15H23NO/c1-13-5-7-14(8-6-13)9-10-15(17)16-11-3-2-4-12-16/h5,7-8,13H,2-4,6,9-12H2,1H3. The Morgan fingerprint density at radius 1 is 1.35 bits per heavy atom. The molecule has 1 saturated heterocycles. The molecule has 2 nitrogen and oxygen atoms in total. The molecule has 2 aliphatic rings. The molecule has 17 heavy (non-hydrogen) atoms. The topological polar surface area (TPSA) is 20.3 Å². The maximum absolute atomic E-state index is 12.0. The van der Waals surface area contributed by atoms with Gasteiger partial charge in [0, 0.05) is 19.5 Å². The summed E-state index contributed by atoms with van der Waals surface area (Å²) in [5, 5.41) is 0. The van der Waals surface area contributed by atoms with Crippen molar-refractivity contribution in [3.05, 3.63) is 23.8 Å². The number of nitrogens with zero attached hydrogens (tertiary/aromatic N) is 1. The lowest BCUT2D eigenvalue weighted by molar-refractivity contribution is -0.132. The summed E-state index contributed by atoms with van der Waals surface area (Å²) < 4.78 is 0. The highest BCUT2D eigenvalue weighted by Gasteiger charge is 2.16. The number of allylic oxidation sites excluding steroid dienone is 4. The number of rotatable bonds is 3. The van der Waals surface area contributed by atoms with Gasteiger partial charge >= 0.3 is 0 Å². The van der Waals surface area contributed by atoms with Gasteiger partial charge in [0.2, 0.25) is 5.91 Å². The van der Waals surface area contributed by atoms with Crippen molar-refractivity contribution in [2.75, 3.05) is 13.1 Å². The highest BCUT2D eigenvalue weighted by molar-refractivity contribution is 5.76. The normalized spacial score (nSPS) is 24.6. The Balaban J connectivity index is 1.74. The third kappa shape index (κ3) is 3.72.